The Hall–Kier alpha value is -3.12. The van der Waals surface area contributed by atoms with E-state index in [-0.39, 0.29) is 11.8 Å². The fourth-order valence-electron chi connectivity index (χ4n) is 4.86. The number of fused-ring (bicyclic) bond motifs is 1. The molecule has 5 nitrogen and oxygen atoms in total. The van der Waals surface area contributed by atoms with Crippen molar-refractivity contribution in [2.24, 2.45) is 0 Å². The van der Waals surface area contributed by atoms with Gasteiger partial charge in [-0.3, -0.25) is 9.59 Å². The minimum atomic E-state index is -0.197. The molecule has 3 aromatic rings. The number of nitrogens with one attached hydrogen (secondary N) is 1. The third-order valence-electron chi connectivity index (χ3n) is 6.69. The standard InChI is InChI=1S/C28H28BrN3O2/c29-23-10-6-9-21(17-23)27(33)30-24-11-12-26(25(18-24)28(34)31-14-4-1-5-15-31)32-16-13-20-7-2-3-8-22(20)19-32/h2-3,6-12,17-18H,1,4-5,13-16,19H2,(H,30,33). The Morgan fingerprint density at radius 1 is 0.824 bits per heavy atom. The fraction of sp³-hybridized carbons (Fsp3) is 0.286. The van der Waals surface area contributed by atoms with Gasteiger partial charge in [0, 0.05) is 47.6 Å². The molecule has 0 radical (unpaired) electrons. The zero-order chi connectivity index (χ0) is 23.5. The fourth-order valence-corrected chi connectivity index (χ4v) is 5.26. The van der Waals surface area contributed by atoms with Gasteiger partial charge in [-0.2, -0.15) is 0 Å². The summed E-state index contributed by atoms with van der Waals surface area (Å²) >= 11 is 3.42. The van der Waals surface area contributed by atoms with Crippen LogP contribution in [0.2, 0.25) is 0 Å². The van der Waals surface area contributed by atoms with Gasteiger partial charge in [-0.05, 0) is 73.2 Å². The lowest BCUT2D eigenvalue weighted by atomic mass is 9.98. The van der Waals surface area contributed by atoms with Crippen LogP contribution in [0.3, 0.4) is 0 Å². The van der Waals surface area contributed by atoms with E-state index in [1.54, 1.807) is 12.1 Å². The minimum absolute atomic E-state index is 0.0483. The molecule has 34 heavy (non-hydrogen) atoms. The van der Waals surface area contributed by atoms with Crippen LogP contribution in [0.1, 0.15) is 51.1 Å². The van der Waals surface area contributed by atoms with E-state index >= 15 is 0 Å². The molecule has 0 bridgehead atoms. The van der Waals surface area contributed by atoms with E-state index in [0.717, 1.165) is 55.6 Å². The first-order chi connectivity index (χ1) is 16.6. The lowest BCUT2D eigenvalue weighted by Gasteiger charge is -2.34. The quantitative estimate of drug-likeness (QED) is 0.469. The number of carbonyl (C=O) groups excluding carboxylic acids is 2. The van der Waals surface area contributed by atoms with Crippen LogP contribution in [-0.4, -0.2) is 36.3 Å². The van der Waals surface area contributed by atoms with E-state index in [9.17, 15) is 9.59 Å². The van der Waals surface area contributed by atoms with Gasteiger partial charge in [0.05, 0.1) is 5.56 Å². The smallest absolute Gasteiger partial charge is 0.256 e. The Morgan fingerprint density at radius 2 is 1.62 bits per heavy atom. The molecule has 5 rings (SSSR count). The van der Waals surface area contributed by atoms with Crippen LogP contribution in [0, 0.1) is 0 Å². The summed E-state index contributed by atoms with van der Waals surface area (Å²) in [4.78, 5) is 30.7. The first-order valence-electron chi connectivity index (χ1n) is 11.9. The van der Waals surface area contributed by atoms with E-state index in [1.165, 1.54) is 17.5 Å². The molecule has 2 amide bonds. The Morgan fingerprint density at radius 3 is 2.41 bits per heavy atom. The molecule has 1 saturated heterocycles. The first kappa shape index (κ1) is 22.7. The lowest BCUT2D eigenvalue weighted by Crippen LogP contribution is -2.38. The van der Waals surface area contributed by atoms with Crippen LogP contribution in [0.4, 0.5) is 11.4 Å². The van der Waals surface area contributed by atoms with Crippen LogP contribution in [-0.2, 0) is 13.0 Å². The van der Waals surface area contributed by atoms with Crippen molar-refractivity contribution >= 4 is 39.1 Å². The van der Waals surface area contributed by atoms with Gasteiger partial charge in [0.2, 0.25) is 0 Å². The SMILES string of the molecule is O=C(Nc1ccc(N2CCc3ccccc3C2)c(C(=O)N2CCCCC2)c1)c1cccc(Br)c1. The normalized spacial score (nSPS) is 15.6. The second-order valence-corrected chi connectivity index (χ2v) is 9.91. The number of benzene rings is 3. The Balaban J connectivity index is 1.46. The summed E-state index contributed by atoms with van der Waals surface area (Å²) in [6.45, 7) is 3.21. The van der Waals surface area contributed by atoms with Crippen molar-refractivity contribution in [1.82, 2.24) is 4.90 Å². The minimum Gasteiger partial charge on any atom is -0.366 e. The second kappa shape index (κ2) is 10.0. The number of hydrogen-bond donors (Lipinski definition) is 1. The number of amides is 2. The number of hydrogen-bond acceptors (Lipinski definition) is 3. The highest BCUT2D eigenvalue weighted by Gasteiger charge is 2.26. The molecule has 1 fully saturated rings. The van der Waals surface area contributed by atoms with Gasteiger partial charge in [0.15, 0.2) is 0 Å². The number of nitrogens with zero attached hydrogens (tertiary/aromatic N) is 2. The van der Waals surface area contributed by atoms with E-state index in [1.807, 2.05) is 35.2 Å². The maximum absolute atomic E-state index is 13.6. The van der Waals surface area contributed by atoms with Crippen LogP contribution in [0.25, 0.3) is 0 Å². The van der Waals surface area contributed by atoms with Crippen LogP contribution in [0.15, 0.2) is 71.2 Å². The number of likely N-dealkylation sites (tertiary alicyclic amines) is 1. The van der Waals surface area contributed by atoms with Gasteiger partial charge < -0.3 is 15.1 Å². The topological polar surface area (TPSA) is 52.7 Å². The molecule has 174 valence electrons. The summed E-state index contributed by atoms with van der Waals surface area (Å²) in [5.74, 6) is -0.149. The van der Waals surface area contributed by atoms with Gasteiger partial charge in [-0.1, -0.05) is 46.3 Å². The molecule has 0 spiro atoms. The molecular weight excluding hydrogens is 490 g/mol. The number of piperidine rings is 1. The largest absolute Gasteiger partial charge is 0.366 e. The molecule has 2 aliphatic heterocycles. The van der Waals surface area contributed by atoms with Crippen LogP contribution in [0.5, 0.6) is 0 Å². The van der Waals surface area contributed by atoms with Crippen LogP contribution >= 0.6 is 15.9 Å². The third-order valence-corrected chi connectivity index (χ3v) is 7.18. The highest BCUT2D eigenvalue weighted by atomic mass is 79.9. The van der Waals surface area contributed by atoms with Crippen molar-refractivity contribution in [2.45, 2.75) is 32.2 Å². The van der Waals surface area contributed by atoms with Crippen molar-refractivity contribution in [2.75, 3.05) is 29.9 Å². The molecular formula is C28H28BrN3O2. The maximum Gasteiger partial charge on any atom is 0.256 e. The molecule has 0 aromatic heterocycles. The van der Waals surface area contributed by atoms with E-state index in [2.05, 4.69) is 50.4 Å². The third kappa shape index (κ3) is 4.87. The van der Waals surface area contributed by atoms with E-state index in [0.29, 0.717) is 16.8 Å². The Kier molecular flexibility index (Phi) is 6.68. The summed E-state index contributed by atoms with van der Waals surface area (Å²) < 4.78 is 0.849. The molecule has 6 heteroatoms. The summed E-state index contributed by atoms with van der Waals surface area (Å²) in [6, 6.07) is 21.5. The average molecular weight is 518 g/mol. The van der Waals surface area contributed by atoms with Gasteiger partial charge in [-0.25, -0.2) is 0 Å². The zero-order valence-corrected chi connectivity index (χ0v) is 20.7. The Bertz CT molecular complexity index is 1220. The summed E-state index contributed by atoms with van der Waals surface area (Å²) in [6.07, 6.45) is 4.20. The molecule has 0 aliphatic carbocycles. The van der Waals surface area contributed by atoms with Crippen molar-refractivity contribution in [3.63, 3.8) is 0 Å². The van der Waals surface area contributed by atoms with Gasteiger partial charge in [0.1, 0.15) is 0 Å². The van der Waals surface area contributed by atoms with Crippen molar-refractivity contribution < 1.29 is 9.59 Å². The molecule has 0 saturated carbocycles. The predicted molar refractivity (Wildman–Crippen MR) is 139 cm³/mol. The molecule has 3 aromatic carbocycles. The maximum atomic E-state index is 13.6. The van der Waals surface area contributed by atoms with E-state index < -0.39 is 0 Å². The molecule has 0 unspecified atom stereocenters. The monoisotopic (exact) mass is 517 g/mol. The van der Waals surface area contributed by atoms with E-state index in [4.69, 9.17) is 0 Å². The number of carbonyl (C=O) groups is 2. The highest BCUT2D eigenvalue weighted by molar-refractivity contribution is 9.10. The molecule has 2 heterocycles. The Labute approximate surface area is 208 Å². The van der Waals surface area contributed by atoms with Crippen molar-refractivity contribution in [3.8, 4) is 0 Å². The summed E-state index contributed by atoms with van der Waals surface area (Å²) in [5.41, 5.74) is 5.47. The number of halogens is 1. The van der Waals surface area contributed by atoms with Crippen molar-refractivity contribution in [3.05, 3.63) is 93.5 Å². The van der Waals surface area contributed by atoms with Gasteiger partial charge >= 0.3 is 0 Å². The average Bonchev–Trinajstić information content (AvgIpc) is 2.88. The molecule has 1 N–H and O–H groups in total. The molecule has 0 atom stereocenters. The molecule has 2 aliphatic rings. The van der Waals surface area contributed by atoms with Gasteiger partial charge in [0.25, 0.3) is 11.8 Å². The van der Waals surface area contributed by atoms with Crippen molar-refractivity contribution in [1.29, 1.82) is 0 Å². The first-order valence-corrected chi connectivity index (χ1v) is 12.7. The zero-order valence-electron chi connectivity index (χ0n) is 19.1. The number of rotatable bonds is 4. The summed E-state index contributed by atoms with van der Waals surface area (Å²) in [7, 11) is 0. The highest BCUT2D eigenvalue weighted by Crippen LogP contribution is 2.31. The van der Waals surface area contributed by atoms with Gasteiger partial charge in [-0.15, -0.1) is 0 Å². The predicted octanol–water partition coefficient (Wildman–Crippen LogP) is 5.89. The number of anilines is 2. The second-order valence-electron chi connectivity index (χ2n) is 8.99. The van der Waals surface area contributed by atoms with Crippen LogP contribution < -0.4 is 10.2 Å². The summed E-state index contributed by atoms with van der Waals surface area (Å²) in [5, 5.41) is 2.98. The lowest BCUT2D eigenvalue weighted by molar-refractivity contribution is 0.0724.